The van der Waals surface area contributed by atoms with Crippen LogP contribution in [0.25, 0.3) is 0 Å². The first-order chi connectivity index (χ1) is 6.24. The lowest BCUT2D eigenvalue weighted by atomic mass is 10.0. The monoisotopic (exact) mass is 202 g/mol. The number of rotatable bonds is 2. The fourth-order valence-electron chi connectivity index (χ4n) is 1.60. The number of carbonyl (C=O) groups excluding carboxylic acids is 1. The van der Waals surface area contributed by atoms with Gasteiger partial charge in [0.05, 0.1) is 0 Å². The van der Waals surface area contributed by atoms with Crippen molar-refractivity contribution in [2.45, 2.75) is 37.4 Å². The van der Waals surface area contributed by atoms with Crippen molar-refractivity contribution in [1.82, 2.24) is 9.62 Å². The largest absolute Gasteiger partial charge is 0.340 e. The molecule has 0 aromatic rings. The molecule has 0 spiro atoms. The molecule has 3 nitrogen and oxygen atoms in total. The van der Waals surface area contributed by atoms with Gasteiger partial charge in [0.1, 0.15) is 0 Å². The molecule has 1 N–H and O–H groups in total. The van der Waals surface area contributed by atoms with Crippen molar-refractivity contribution in [3.8, 4) is 0 Å². The van der Waals surface area contributed by atoms with E-state index < -0.39 is 0 Å². The van der Waals surface area contributed by atoms with E-state index in [4.69, 9.17) is 0 Å². The van der Waals surface area contributed by atoms with Crippen LogP contribution in [0.5, 0.6) is 0 Å². The van der Waals surface area contributed by atoms with E-state index >= 15 is 0 Å². The van der Waals surface area contributed by atoms with E-state index in [1.807, 2.05) is 7.05 Å². The molecule has 2 amide bonds. The first kappa shape index (κ1) is 10.7. The Morgan fingerprint density at radius 3 is 2.54 bits per heavy atom. The van der Waals surface area contributed by atoms with E-state index in [9.17, 15) is 4.79 Å². The molecule has 1 aliphatic rings. The summed E-state index contributed by atoms with van der Waals surface area (Å²) in [6, 6.07) is -0.00410. The highest BCUT2D eigenvalue weighted by molar-refractivity contribution is 7.98. The average Bonchev–Trinajstić information content (AvgIpc) is 2.18. The van der Waals surface area contributed by atoms with Crippen molar-refractivity contribution < 1.29 is 4.79 Å². The van der Waals surface area contributed by atoms with Gasteiger partial charge in [-0.05, 0) is 24.8 Å². The first-order valence-corrected chi connectivity index (χ1v) is 5.70. The molecule has 0 aliphatic heterocycles. The van der Waals surface area contributed by atoms with Crippen LogP contribution in [0.2, 0.25) is 0 Å². The van der Waals surface area contributed by atoms with Gasteiger partial charge in [-0.15, -0.1) is 0 Å². The third kappa shape index (κ3) is 3.46. The van der Waals surface area contributed by atoms with Crippen molar-refractivity contribution >= 4 is 18.0 Å². The second-order valence-corrected chi connectivity index (χ2v) is 4.84. The zero-order valence-electron chi connectivity index (χ0n) is 8.38. The number of hydrogen-bond donors (Lipinski definition) is 1. The molecule has 4 heteroatoms. The highest BCUT2D eigenvalue weighted by Crippen LogP contribution is 2.29. The van der Waals surface area contributed by atoms with Gasteiger partial charge in [0.15, 0.2) is 0 Å². The summed E-state index contributed by atoms with van der Waals surface area (Å²) >= 11 is 1.67. The van der Waals surface area contributed by atoms with E-state index in [1.165, 1.54) is 32.1 Å². The minimum absolute atomic E-state index is 0.00410. The van der Waals surface area contributed by atoms with Gasteiger partial charge in [-0.3, -0.25) is 4.31 Å². The molecular weight excluding hydrogens is 184 g/mol. The van der Waals surface area contributed by atoms with E-state index in [1.54, 1.807) is 23.3 Å². The van der Waals surface area contributed by atoms with Crippen LogP contribution < -0.4 is 5.32 Å². The van der Waals surface area contributed by atoms with Crippen molar-refractivity contribution in [3.05, 3.63) is 0 Å². The lowest BCUT2D eigenvalue weighted by molar-refractivity contribution is 0.232. The predicted octanol–water partition coefficient (Wildman–Crippen LogP) is 2.24. The second-order valence-electron chi connectivity index (χ2n) is 3.42. The van der Waals surface area contributed by atoms with Gasteiger partial charge in [0.25, 0.3) is 0 Å². The minimum atomic E-state index is -0.00410. The predicted molar refractivity (Wildman–Crippen MR) is 56.7 cm³/mol. The molecule has 13 heavy (non-hydrogen) atoms. The number of amides is 2. The fraction of sp³-hybridized carbons (Fsp3) is 0.889. The van der Waals surface area contributed by atoms with Gasteiger partial charge in [-0.2, -0.15) is 0 Å². The lowest BCUT2D eigenvalue weighted by Gasteiger charge is -2.25. The van der Waals surface area contributed by atoms with Gasteiger partial charge in [0, 0.05) is 19.3 Å². The van der Waals surface area contributed by atoms with Crippen molar-refractivity contribution in [2.75, 3.05) is 14.1 Å². The summed E-state index contributed by atoms with van der Waals surface area (Å²) in [6.07, 6.45) is 6.51. The molecular formula is C9H18N2OS. The highest BCUT2D eigenvalue weighted by Gasteiger charge is 2.18. The van der Waals surface area contributed by atoms with Gasteiger partial charge in [0.2, 0.25) is 0 Å². The summed E-state index contributed by atoms with van der Waals surface area (Å²) in [6.45, 7) is 0. The van der Waals surface area contributed by atoms with Crippen molar-refractivity contribution in [3.63, 3.8) is 0 Å². The molecule has 1 aliphatic carbocycles. The van der Waals surface area contributed by atoms with Crippen LogP contribution in [0.4, 0.5) is 4.79 Å². The fourth-order valence-corrected chi connectivity index (χ4v) is 2.78. The maximum Gasteiger partial charge on any atom is 0.326 e. The normalized spacial score (nSPS) is 18.3. The number of nitrogens with one attached hydrogen (secondary N) is 1. The van der Waals surface area contributed by atoms with Gasteiger partial charge < -0.3 is 5.32 Å². The van der Waals surface area contributed by atoms with Crippen molar-refractivity contribution in [1.29, 1.82) is 0 Å². The highest BCUT2D eigenvalue weighted by atomic mass is 32.2. The summed E-state index contributed by atoms with van der Waals surface area (Å²) < 4.78 is 1.70. The lowest BCUT2D eigenvalue weighted by Crippen LogP contribution is -2.32. The molecule has 0 atom stereocenters. The van der Waals surface area contributed by atoms with E-state index in [2.05, 4.69) is 5.32 Å². The Morgan fingerprint density at radius 1 is 1.38 bits per heavy atom. The van der Waals surface area contributed by atoms with E-state index in [0.717, 1.165) is 0 Å². The number of nitrogens with zero attached hydrogens (tertiary/aromatic N) is 1. The van der Waals surface area contributed by atoms with Crippen LogP contribution >= 0.6 is 11.9 Å². The van der Waals surface area contributed by atoms with Crippen LogP contribution in [0.1, 0.15) is 32.1 Å². The second kappa shape index (κ2) is 5.37. The maximum atomic E-state index is 11.2. The Bertz CT molecular complexity index is 169. The molecule has 76 valence electrons. The summed E-state index contributed by atoms with van der Waals surface area (Å²) in [5.74, 6) is 0. The molecule has 0 aromatic carbocycles. The van der Waals surface area contributed by atoms with Gasteiger partial charge in [-0.25, -0.2) is 4.79 Å². The third-order valence-electron chi connectivity index (χ3n) is 2.36. The zero-order chi connectivity index (χ0) is 9.68. The molecule has 0 bridgehead atoms. The Balaban J connectivity index is 2.25. The summed E-state index contributed by atoms with van der Waals surface area (Å²) in [5, 5.41) is 3.27. The minimum Gasteiger partial charge on any atom is -0.340 e. The van der Waals surface area contributed by atoms with Crippen molar-refractivity contribution in [2.24, 2.45) is 0 Å². The number of carbonyl (C=O) groups is 1. The molecule has 0 aromatic heterocycles. The smallest absolute Gasteiger partial charge is 0.326 e. The molecule has 0 radical (unpaired) electrons. The molecule has 1 fully saturated rings. The molecule has 0 unspecified atom stereocenters. The van der Waals surface area contributed by atoms with E-state index in [0.29, 0.717) is 5.25 Å². The average molecular weight is 202 g/mol. The maximum absolute atomic E-state index is 11.2. The van der Waals surface area contributed by atoms with Crippen LogP contribution in [0, 0.1) is 0 Å². The van der Waals surface area contributed by atoms with Crippen LogP contribution in [-0.2, 0) is 0 Å². The zero-order valence-corrected chi connectivity index (χ0v) is 9.19. The third-order valence-corrected chi connectivity index (χ3v) is 3.61. The molecule has 1 saturated carbocycles. The van der Waals surface area contributed by atoms with Gasteiger partial charge in [-0.1, -0.05) is 19.3 Å². The SMILES string of the molecule is CNC(=O)N(C)SC1CCCCC1. The van der Waals surface area contributed by atoms with Crippen LogP contribution in [0.3, 0.4) is 0 Å². The summed E-state index contributed by atoms with van der Waals surface area (Å²) in [4.78, 5) is 11.2. The topological polar surface area (TPSA) is 32.3 Å². The molecule has 1 rings (SSSR count). The Hall–Kier alpha value is -0.380. The Labute approximate surface area is 84.4 Å². The number of urea groups is 1. The first-order valence-electron chi connectivity index (χ1n) is 4.86. The quantitative estimate of drug-likeness (QED) is 0.696. The van der Waals surface area contributed by atoms with Crippen LogP contribution in [-0.4, -0.2) is 29.7 Å². The summed E-state index contributed by atoms with van der Waals surface area (Å²) in [5.41, 5.74) is 0. The molecule has 0 saturated heterocycles. The molecule has 0 heterocycles. The Kier molecular flexibility index (Phi) is 4.42. The number of hydrogen-bond acceptors (Lipinski definition) is 2. The Morgan fingerprint density at radius 2 is 2.00 bits per heavy atom. The summed E-state index contributed by atoms with van der Waals surface area (Å²) in [7, 11) is 3.50. The van der Waals surface area contributed by atoms with E-state index in [-0.39, 0.29) is 6.03 Å². The van der Waals surface area contributed by atoms with Gasteiger partial charge >= 0.3 is 6.03 Å². The standard InChI is InChI=1S/C9H18N2OS/c1-10-9(12)11(2)13-8-6-4-3-5-7-8/h8H,3-7H2,1-2H3,(H,10,12). The van der Waals surface area contributed by atoms with Crippen LogP contribution in [0.15, 0.2) is 0 Å².